The molecule has 2 N–H and O–H groups in total. The quantitative estimate of drug-likeness (QED) is 0.240. The molecular weight excluding hydrogens is 546 g/mol. The van der Waals surface area contributed by atoms with Crippen molar-refractivity contribution in [1.82, 2.24) is 20.4 Å². The third kappa shape index (κ3) is 7.65. The van der Waals surface area contributed by atoms with Gasteiger partial charge in [-0.15, -0.1) is 24.0 Å². The Morgan fingerprint density at radius 3 is 2.24 bits per heavy atom. The van der Waals surface area contributed by atoms with E-state index in [4.69, 9.17) is 4.74 Å². The van der Waals surface area contributed by atoms with Gasteiger partial charge in [0.1, 0.15) is 5.75 Å². The monoisotopic (exact) mass is 573 g/mol. The number of nitrogens with one attached hydrogen (secondary N) is 2. The molecule has 0 spiro atoms. The number of benzene rings is 2. The van der Waals surface area contributed by atoms with Crippen LogP contribution >= 0.6 is 24.0 Å². The van der Waals surface area contributed by atoms with Gasteiger partial charge < -0.3 is 15.4 Å². The van der Waals surface area contributed by atoms with Gasteiger partial charge in [0.15, 0.2) is 12.6 Å². The molecule has 10 heteroatoms. The molecule has 0 atom stereocenters. The van der Waals surface area contributed by atoms with Crippen molar-refractivity contribution >= 4 is 29.9 Å². The van der Waals surface area contributed by atoms with Crippen molar-refractivity contribution in [3.05, 3.63) is 77.1 Å². The summed E-state index contributed by atoms with van der Waals surface area (Å²) in [5, 5.41) is 11.1. The molecule has 3 aromatic rings. The van der Waals surface area contributed by atoms with Crippen LogP contribution in [0.1, 0.15) is 22.5 Å². The summed E-state index contributed by atoms with van der Waals surface area (Å²) in [4.78, 5) is 4.23. The lowest BCUT2D eigenvalue weighted by atomic mass is 10.2. The number of hydrogen-bond acceptors (Lipinski definition) is 3. The van der Waals surface area contributed by atoms with E-state index in [0.717, 1.165) is 28.2 Å². The molecule has 1 aromatic heterocycles. The molecule has 0 radical (unpaired) electrons. The summed E-state index contributed by atoms with van der Waals surface area (Å²) >= 11 is 0. The number of hydrogen-bond donors (Lipinski definition) is 2. The fourth-order valence-electron chi connectivity index (χ4n) is 3.20. The van der Waals surface area contributed by atoms with Crippen LogP contribution in [0.2, 0.25) is 0 Å². The minimum Gasteiger partial charge on any atom is -0.484 e. The standard InChI is InChI=1S/C23H26F3N5O.HI/c1-16-21(17(2)31(30-16)19-7-5-4-6-8-19)14-29-22(27-3)28-13-18-9-11-20(12-10-18)32-15-23(24,25)26;/h4-12H,13-15H2,1-3H3,(H2,27,28,29);1H. The van der Waals surface area contributed by atoms with E-state index in [0.29, 0.717) is 19.0 Å². The molecule has 0 aliphatic heterocycles. The summed E-state index contributed by atoms with van der Waals surface area (Å²) in [6.07, 6.45) is -4.35. The maximum atomic E-state index is 12.2. The van der Waals surface area contributed by atoms with Crippen LogP contribution in [0, 0.1) is 13.8 Å². The third-order valence-electron chi connectivity index (χ3n) is 4.88. The van der Waals surface area contributed by atoms with E-state index in [1.165, 1.54) is 12.1 Å². The second-order valence-corrected chi connectivity index (χ2v) is 7.22. The van der Waals surface area contributed by atoms with Crippen LogP contribution < -0.4 is 15.4 Å². The number of alkyl halides is 3. The summed E-state index contributed by atoms with van der Waals surface area (Å²) in [6, 6.07) is 16.4. The van der Waals surface area contributed by atoms with E-state index >= 15 is 0 Å². The molecule has 178 valence electrons. The van der Waals surface area contributed by atoms with Crippen molar-refractivity contribution in [3.8, 4) is 11.4 Å². The normalized spacial score (nSPS) is 11.6. The second kappa shape index (κ2) is 11.9. The molecule has 0 saturated carbocycles. The van der Waals surface area contributed by atoms with Gasteiger partial charge in [-0.05, 0) is 43.7 Å². The van der Waals surface area contributed by atoms with E-state index in [1.807, 2.05) is 48.9 Å². The Hall–Kier alpha value is -2.76. The van der Waals surface area contributed by atoms with Crippen molar-refractivity contribution in [2.75, 3.05) is 13.7 Å². The van der Waals surface area contributed by atoms with Gasteiger partial charge in [0, 0.05) is 31.4 Å². The first-order valence-electron chi connectivity index (χ1n) is 10.1. The molecule has 0 saturated heterocycles. The highest BCUT2D eigenvalue weighted by Crippen LogP contribution is 2.19. The summed E-state index contributed by atoms with van der Waals surface area (Å²) in [6.45, 7) is 3.71. The zero-order valence-corrected chi connectivity index (χ0v) is 20.9. The van der Waals surface area contributed by atoms with Gasteiger partial charge in [0.2, 0.25) is 0 Å². The molecule has 33 heavy (non-hydrogen) atoms. The van der Waals surface area contributed by atoms with E-state index in [-0.39, 0.29) is 29.7 Å². The van der Waals surface area contributed by atoms with Gasteiger partial charge in [-0.3, -0.25) is 4.99 Å². The highest BCUT2D eigenvalue weighted by Gasteiger charge is 2.28. The molecule has 0 aliphatic carbocycles. The van der Waals surface area contributed by atoms with Crippen LogP contribution in [0.4, 0.5) is 13.2 Å². The summed E-state index contributed by atoms with van der Waals surface area (Å²) < 4.78 is 43.4. The van der Waals surface area contributed by atoms with Gasteiger partial charge in [-0.1, -0.05) is 30.3 Å². The molecule has 0 aliphatic rings. The number of aliphatic imine (C=N–C) groups is 1. The third-order valence-corrected chi connectivity index (χ3v) is 4.88. The molecule has 0 bridgehead atoms. The number of nitrogens with zero attached hydrogens (tertiary/aromatic N) is 3. The predicted molar refractivity (Wildman–Crippen MR) is 133 cm³/mol. The lowest BCUT2D eigenvalue weighted by Gasteiger charge is -2.13. The Morgan fingerprint density at radius 2 is 1.64 bits per heavy atom. The van der Waals surface area contributed by atoms with Gasteiger partial charge in [-0.2, -0.15) is 18.3 Å². The number of aryl methyl sites for hydroxylation is 1. The molecule has 3 rings (SSSR count). The van der Waals surface area contributed by atoms with Crippen LogP contribution in [0.3, 0.4) is 0 Å². The summed E-state index contributed by atoms with van der Waals surface area (Å²) in [5.74, 6) is 0.781. The molecule has 0 fully saturated rings. The SMILES string of the molecule is CN=C(NCc1ccc(OCC(F)(F)F)cc1)NCc1c(C)nn(-c2ccccc2)c1C.I. The number of para-hydroxylation sites is 1. The van der Waals surface area contributed by atoms with Crippen LogP contribution in [-0.2, 0) is 13.1 Å². The number of ether oxygens (including phenoxy) is 1. The second-order valence-electron chi connectivity index (χ2n) is 7.22. The summed E-state index contributed by atoms with van der Waals surface area (Å²) in [5.41, 5.74) is 4.96. The van der Waals surface area contributed by atoms with Crippen molar-refractivity contribution < 1.29 is 17.9 Å². The topological polar surface area (TPSA) is 63.5 Å². The minimum atomic E-state index is -4.35. The number of guanidine groups is 1. The van der Waals surface area contributed by atoms with Crippen LogP contribution in [-0.4, -0.2) is 35.6 Å². The first-order chi connectivity index (χ1) is 15.3. The Bertz CT molecular complexity index is 1050. The Labute approximate surface area is 208 Å². The summed E-state index contributed by atoms with van der Waals surface area (Å²) in [7, 11) is 1.68. The minimum absolute atomic E-state index is 0. The molecule has 0 amide bonds. The molecule has 1 heterocycles. The van der Waals surface area contributed by atoms with E-state index in [9.17, 15) is 13.2 Å². The van der Waals surface area contributed by atoms with Crippen molar-refractivity contribution in [1.29, 1.82) is 0 Å². The molecular formula is C23H27F3IN5O. The highest BCUT2D eigenvalue weighted by atomic mass is 127. The first-order valence-corrected chi connectivity index (χ1v) is 10.1. The highest BCUT2D eigenvalue weighted by molar-refractivity contribution is 14.0. The molecule has 2 aromatic carbocycles. The zero-order chi connectivity index (χ0) is 23.1. The maximum absolute atomic E-state index is 12.2. The van der Waals surface area contributed by atoms with E-state index in [1.54, 1.807) is 19.2 Å². The van der Waals surface area contributed by atoms with E-state index in [2.05, 4.69) is 20.7 Å². The van der Waals surface area contributed by atoms with Gasteiger partial charge in [0.05, 0.1) is 11.4 Å². The molecule has 6 nitrogen and oxygen atoms in total. The Kier molecular flexibility index (Phi) is 9.56. The predicted octanol–water partition coefficient (Wildman–Crippen LogP) is 4.91. The van der Waals surface area contributed by atoms with Gasteiger partial charge in [0.25, 0.3) is 0 Å². The van der Waals surface area contributed by atoms with Crippen LogP contribution in [0.5, 0.6) is 5.75 Å². The van der Waals surface area contributed by atoms with Crippen LogP contribution in [0.25, 0.3) is 5.69 Å². The first kappa shape index (κ1) is 26.5. The van der Waals surface area contributed by atoms with Gasteiger partial charge >= 0.3 is 6.18 Å². The fraction of sp³-hybridized carbons (Fsp3) is 0.304. The number of aromatic nitrogens is 2. The average Bonchev–Trinajstić information content (AvgIpc) is 3.07. The van der Waals surface area contributed by atoms with Crippen molar-refractivity contribution in [2.45, 2.75) is 33.1 Å². The van der Waals surface area contributed by atoms with E-state index < -0.39 is 12.8 Å². The number of rotatable bonds is 7. The molecule has 0 unspecified atom stereocenters. The maximum Gasteiger partial charge on any atom is 0.422 e. The van der Waals surface area contributed by atoms with Crippen molar-refractivity contribution in [3.63, 3.8) is 0 Å². The lowest BCUT2D eigenvalue weighted by Crippen LogP contribution is -2.36. The number of halogens is 4. The Morgan fingerprint density at radius 1 is 1.00 bits per heavy atom. The lowest BCUT2D eigenvalue weighted by molar-refractivity contribution is -0.153. The largest absolute Gasteiger partial charge is 0.484 e. The fourth-order valence-corrected chi connectivity index (χ4v) is 3.20. The average molecular weight is 573 g/mol. The van der Waals surface area contributed by atoms with Crippen molar-refractivity contribution in [2.24, 2.45) is 4.99 Å². The van der Waals surface area contributed by atoms with Gasteiger partial charge in [-0.25, -0.2) is 4.68 Å². The smallest absolute Gasteiger partial charge is 0.422 e. The zero-order valence-electron chi connectivity index (χ0n) is 18.6. The Balaban J connectivity index is 0.00000385. The van der Waals surface area contributed by atoms with Crippen LogP contribution in [0.15, 0.2) is 59.6 Å².